The highest BCUT2D eigenvalue weighted by atomic mass is 16.7. The molecule has 0 N–H and O–H groups in total. The summed E-state index contributed by atoms with van der Waals surface area (Å²) < 4.78 is 16.9. The number of fused-ring (bicyclic) bond motifs is 5. The van der Waals surface area contributed by atoms with Crippen molar-refractivity contribution in [3.8, 4) is 17.2 Å². The minimum atomic E-state index is -0.841. The van der Waals surface area contributed by atoms with E-state index in [4.69, 9.17) is 14.2 Å². The predicted molar refractivity (Wildman–Crippen MR) is 95.0 cm³/mol. The zero-order chi connectivity index (χ0) is 17.7. The first-order chi connectivity index (χ1) is 12.8. The van der Waals surface area contributed by atoms with E-state index < -0.39 is 5.41 Å². The molecule has 0 saturated heterocycles. The second-order valence-corrected chi connectivity index (χ2v) is 6.95. The number of ether oxygens (including phenoxy) is 3. The summed E-state index contributed by atoms with van der Waals surface area (Å²) in [5, 5.41) is 0. The number of rotatable bonds is 4. The summed E-state index contributed by atoms with van der Waals surface area (Å²) in [6.07, 6.45) is 6.74. The first-order valence-corrected chi connectivity index (χ1v) is 9.09. The number of hydrogen-bond donors (Lipinski definition) is 0. The van der Waals surface area contributed by atoms with Crippen LogP contribution in [0.15, 0.2) is 30.6 Å². The van der Waals surface area contributed by atoms with E-state index in [0.29, 0.717) is 23.8 Å². The molecule has 26 heavy (non-hydrogen) atoms. The van der Waals surface area contributed by atoms with E-state index >= 15 is 0 Å². The highest BCUT2D eigenvalue weighted by Gasteiger charge is 2.57. The molecule has 1 amide bonds. The summed E-state index contributed by atoms with van der Waals surface area (Å²) in [7, 11) is 0. The molecule has 5 rings (SSSR count). The molecule has 3 aliphatic rings. The van der Waals surface area contributed by atoms with Crippen LogP contribution in [0.3, 0.4) is 0 Å². The molecule has 1 unspecified atom stereocenters. The van der Waals surface area contributed by atoms with Gasteiger partial charge in [0.2, 0.25) is 12.7 Å². The average molecular weight is 352 g/mol. The zero-order valence-corrected chi connectivity index (χ0v) is 14.7. The van der Waals surface area contributed by atoms with Gasteiger partial charge in [0.1, 0.15) is 17.8 Å². The quantitative estimate of drug-likeness (QED) is 0.792. The normalized spacial score (nSPS) is 21.9. The zero-order valence-electron chi connectivity index (χ0n) is 14.7. The number of pyridine rings is 1. The molecule has 0 aliphatic carbocycles. The highest BCUT2D eigenvalue weighted by Crippen LogP contribution is 2.54. The molecule has 134 valence electrons. The van der Waals surface area contributed by atoms with Crippen LogP contribution in [-0.4, -0.2) is 30.8 Å². The van der Waals surface area contributed by atoms with Crippen molar-refractivity contribution in [2.45, 2.75) is 31.6 Å². The van der Waals surface area contributed by atoms with Crippen molar-refractivity contribution in [2.75, 3.05) is 24.8 Å². The van der Waals surface area contributed by atoms with Gasteiger partial charge in [-0.3, -0.25) is 9.78 Å². The van der Waals surface area contributed by atoms with Gasteiger partial charge >= 0.3 is 0 Å². The van der Waals surface area contributed by atoms with Gasteiger partial charge in [0.25, 0.3) is 0 Å². The number of nitrogens with zero attached hydrogens (tertiary/aromatic N) is 2. The minimum Gasteiger partial charge on any atom is -0.491 e. The number of anilines is 1. The van der Waals surface area contributed by atoms with E-state index in [1.54, 1.807) is 12.4 Å². The molecule has 0 fully saturated rings. The number of carbonyl (C=O) groups is 1. The number of carbonyl (C=O) groups excluding carboxylic acids is 1. The van der Waals surface area contributed by atoms with E-state index in [1.165, 1.54) is 0 Å². The van der Waals surface area contributed by atoms with Crippen LogP contribution in [0.5, 0.6) is 17.2 Å². The van der Waals surface area contributed by atoms with Crippen molar-refractivity contribution < 1.29 is 19.0 Å². The molecule has 3 aliphatic heterocycles. The van der Waals surface area contributed by atoms with Crippen LogP contribution in [0.2, 0.25) is 0 Å². The standard InChI is InChI=1S/C20H20N2O4/c1-2-3-4-7-22-15-5-6-21-10-14(15)20(19(22)23)11-24-16-9-18-17(8-13(16)20)25-12-26-18/h5-6,8-10H,2-4,7,11-12H2,1H3. The SMILES string of the molecule is CCCCCN1C(=O)C2(COc3cc4c(cc32)OCO4)c2cnccc21. The number of aromatic nitrogens is 1. The Morgan fingerprint density at radius 1 is 1.12 bits per heavy atom. The van der Waals surface area contributed by atoms with Crippen LogP contribution in [0, 0.1) is 0 Å². The van der Waals surface area contributed by atoms with Gasteiger partial charge in [-0.25, -0.2) is 0 Å². The van der Waals surface area contributed by atoms with E-state index in [0.717, 1.165) is 36.1 Å². The third-order valence-electron chi connectivity index (χ3n) is 5.52. The van der Waals surface area contributed by atoms with E-state index in [2.05, 4.69) is 11.9 Å². The van der Waals surface area contributed by atoms with Crippen molar-refractivity contribution in [3.05, 3.63) is 41.7 Å². The monoisotopic (exact) mass is 352 g/mol. The van der Waals surface area contributed by atoms with Crippen molar-refractivity contribution in [2.24, 2.45) is 0 Å². The smallest absolute Gasteiger partial charge is 0.245 e. The second-order valence-electron chi connectivity index (χ2n) is 6.95. The molecule has 1 aromatic carbocycles. The summed E-state index contributed by atoms with van der Waals surface area (Å²) in [6.45, 7) is 3.35. The van der Waals surface area contributed by atoms with Crippen LogP contribution in [-0.2, 0) is 10.2 Å². The van der Waals surface area contributed by atoms with Crippen LogP contribution >= 0.6 is 0 Å². The molecule has 0 bridgehead atoms. The summed E-state index contributed by atoms with van der Waals surface area (Å²) in [5.41, 5.74) is 1.86. The van der Waals surface area contributed by atoms with Crippen molar-refractivity contribution in [1.82, 2.24) is 4.98 Å². The summed E-state index contributed by atoms with van der Waals surface area (Å²) in [6, 6.07) is 5.66. The van der Waals surface area contributed by atoms with Gasteiger partial charge in [0, 0.05) is 36.1 Å². The molecule has 0 radical (unpaired) electrons. The number of hydrogen-bond acceptors (Lipinski definition) is 5. The predicted octanol–water partition coefficient (Wildman–Crippen LogP) is 3.03. The van der Waals surface area contributed by atoms with Crippen molar-refractivity contribution >= 4 is 11.6 Å². The fourth-order valence-corrected chi connectivity index (χ4v) is 4.19. The summed E-state index contributed by atoms with van der Waals surface area (Å²) in [4.78, 5) is 19.8. The Bertz CT molecular complexity index is 897. The largest absolute Gasteiger partial charge is 0.491 e. The number of amides is 1. The Kier molecular flexibility index (Phi) is 3.35. The van der Waals surface area contributed by atoms with Crippen LogP contribution in [0.25, 0.3) is 0 Å². The van der Waals surface area contributed by atoms with Gasteiger partial charge in [-0.1, -0.05) is 19.8 Å². The molecule has 4 heterocycles. The van der Waals surface area contributed by atoms with Gasteiger partial charge in [0.05, 0.1) is 5.69 Å². The lowest BCUT2D eigenvalue weighted by Crippen LogP contribution is -2.42. The van der Waals surface area contributed by atoms with Crippen LogP contribution in [0.1, 0.15) is 37.3 Å². The van der Waals surface area contributed by atoms with Gasteiger partial charge in [0.15, 0.2) is 11.5 Å². The first-order valence-electron chi connectivity index (χ1n) is 9.09. The van der Waals surface area contributed by atoms with E-state index in [1.807, 2.05) is 23.1 Å². The van der Waals surface area contributed by atoms with Crippen LogP contribution in [0.4, 0.5) is 5.69 Å². The van der Waals surface area contributed by atoms with E-state index in [9.17, 15) is 4.79 Å². The minimum absolute atomic E-state index is 0.0641. The highest BCUT2D eigenvalue weighted by molar-refractivity contribution is 6.11. The molecule has 2 aromatic rings. The maximum atomic E-state index is 13.6. The molecule has 1 atom stereocenters. The van der Waals surface area contributed by atoms with Gasteiger partial charge in [-0.2, -0.15) is 0 Å². The lowest BCUT2D eigenvalue weighted by atomic mass is 9.77. The Morgan fingerprint density at radius 2 is 1.96 bits per heavy atom. The van der Waals surface area contributed by atoms with E-state index in [-0.39, 0.29) is 19.3 Å². The van der Waals surface area contributed by atoms with Crippen molar-refractivity contribution in [3.63, 3.8) is 0 Å². The molecular formula is C20H20N2O4. The maximum absolute atomic E-state index is 13.6. The molecular weight excluding hydrogens is 332 g/mol. The topological polar surface area (TPSA) is 60.9 Å². The van der Waals surface area contributed by atoms with Gasteiger partial charge in [-0.05, 0) is 18.6 Å². The van der Waals surface area contributed by atoms with Gasteiger partial charge < -0.3 is 19.1 Å². The Hall–Kier alpha value is -2.76. The summed E-state index contributed by atoms with van der Waals surface area (Å²) in [5.74, 6) is 2.08. The second kappa shape index (κ2) is 5.62. The number of unbranched alkanes of at least 4 members (excludes halogenated alkanes) is 2. The van der Waals surface area contributed by atoms with Crippen LogP contribution < -0.4 is 19.1 Å². The molecule has 6 nitrogen and oxygen atoms in total. The fraction of sp³-hybridized carbons (Fsp3) is 0.400. The van der Waals surface area contributed by atoms with Gasteiger partial charge in [-0.15, -0.1) is 0 Å². The fourth-order valence-electron chi connectivity index (χ4n) is 4.19. The average Bonchev–Trinajstić information content (AvgIpc) is 3.33. The Labute approximate surface area is 151 Å². The molecule has 1 spiro atoms. The maximum Gasteiger partial charge on any atom is 0.245 e. The van der Waals surface area contributed by atoms with Crippen molar-refractivity contribution in [1.29, 1.82) is 0 Å². The summed E-state index contributed by atoms with van der Waals surface area (Å²) >= 11 is 0. The molecule has 0 saturated carbocycles. The first kappa shape index (κ1) is 15.5. The number of benzene rings is 1. The lowest BCUT2D eigenvalue weighted by molar-refractivity contribution is -0.122. The third-order valence-corrected chi connectivity index (χ3v) is 5.52. The Balaban J connectivity index is 1.63. The Morgan fingerprint density at radius 3 is 2.81 bits per heavy atom. The molecule has 6 heteroatoms. The third kappa shape index (κ3) is 1.92. The lowest BCUT2D eigenvalue weighted by Gasteiger charge is -2.23. The molecule has 1 aromatic heterocycles.